The fourth-order valence-corrected chi connectivity index (χ4v) is 2.98. The lowest BCUT2D eigenvalue weighted by molar-refractivity contribution is 0.459. The van der Waals surface area contributed by atoms with Crippen LogP contribution in [0.5, 0.6) is 0 Å². The van der Waals surface area contributed by atoms with E-state index in [2.05, 4.69) is 6.58 Å². The molecule has 0 bridgehead atoms. The van der Waals surface area contributed by atoms with Gasteiger partial charge in [0.2, 0.25) is 10.0 Å². The van der Waals surface area contributed by atoms with Crippen molar-refractivity contribution in [3.05, 3.63) is 36.2 Å². The Morgan fingerprint density at radius 3 is 2.56 bits per heavy atom. The Morgan fingerprint density at radius 1 is 1.50 bits per heavy atom. The Balaban J connectivity index is 3.32. The minimum Gasteiger partial charge on any atom is -0.398 e. The zero-order valence-corrected chi connectivity index (χ0v) is 11.3. The maximum absolute atomic E-state index is 13.5. The smallest absolute Gasteiger partial charge is 0.243 e. The molecule has 100 valence electrons. The van der Waals surface area contributed by atoms with Crippen LogP contribution in [-0.4, -0.2) is 25.8 Å². The first-order valence-electron chi connectivity index (χ1n) is 5.51. The van der Waals surface area contributed by atoms with E-state index in [-0.39, 0.29) is 29.2 Å². The van der Waals surface area contributed by atoms with Crippen LogP contribution in [-0.2, 0) is 10.0 Å². The molecule has 0 unspecified atom stereocenters. The lowest BCUT2D eigenvalue weighted by Gasteiger charge is -2.19. The number of nitrogen functional groups attached to an aromatic ring is 1. The molecule has 0 aliphatic heterocycles. The minimum atomic E-state index is -3.73. The van der Waals surface area contributed by atoms with Gasteiger partial charge in [0.25, 0.3) is 0 Å². The summed E-state index contributed by atoms with van der Waals surface area (Å²) >= 11 is 0. The van der Waals surface area contributed by atoms with E-state index in [1.807, 2.05) is 0 Å². The third kappa shape index (κ3) is 2.70. The van der Waals surface area contributed by atoms with Gasteiger partial charge in [0.1, 0.15) is 5.82 Å². The van der Waals surface area contributed by atoms with Crippen molar-refractivity contribution in [1.82, 2.24) is 4.31 Å². The number of sulfonamides is 1. The van der Waals surface area contributed by atoms with Crippen molar-refractivity contribution in [3.63, 3.8) is 0 Å². The van der Waals surface area contributed by atoms with Crippen LogP contribution in [0, 0.1) is 12.7 Å². The molecular formula is C12H17FN2O2S. The van der Waals surface area contributed by atoms with Crippen molar-refractivity contribution in [3.8, 4) is 0 Å². The predicted octanol–water partition coefficient (Wildman–Crippen LogP) is 1.91. The molecule has 0 spiro atoms. The number of hydrogen-bond acceptors (Lipinski definition) is 3. The molecule has 1 aromatic rings. The topological polar surface area (TPSA) is 63.4 Å². The van der Waals surface area contributed by atoms with E-state index in [0.29, 0.717) is 0 Å². The van der Waals surface area contributed by atoms with Gasteiger partial charge in [-0.15, -0.1) is 6.58 Å². The molecule has 0 saturated carbocycles. The summed E-state index contributed by atoms with van der Waals surface area (Å²) < 4.78 is 39.2. The standard InChI is InChI=1S/C12H17FN2O2S/c1-4-6-15(5-2)18(16,17)10-7-11(13)9(3)12(14)8-10/h4,7-8H,1,5-6,14H2,2-3H3. The van der Waals surface area contributed by atoms with Gasteiger partial charge in [-0.3, -0.25) is 0 Å². The Labute approximate surface area is 107 Å². The monoisotopic (exact) mass is 272 g/mol. The first-order chi connectivity index (χ1) is 8.34. The lowest BCUT2D eigenvalue weighted by atomic mass is 10.2. The third-order valence-electron chi connectivity index (χ3n) is 2.68. The molecule has 0 atom stereocenters. The molecule has 4 nitrogen and oxygen atoms in total. The lowest BCUT2D eigenvalue weighted by Crippen LogP contribution is -2.31. The highest BCUT2D eigenvalue weighted by Gasteiger charge is 2.23. The Kier molecular flexibility index (Phi) is 4.48. The molecule has 0 aliphatic rings. The van der Waals surface area contributed by atoms with Crippen molar-refractivity contribution < 1.29 is 12.8 Å². The van der Waals surface area contributed by atoms with Crippen LogP contribution < -0.4 is 5.73 Å². The van der Waals surface area contributed by atoms with Crippen molar-refractivity contribution in [2.75, 3.05) is 18.8 Å². The maximum Gasteiger partial charge on any atom is 0.243 e. The highest BCUT2D eigenvalue weighted by molar-refractivity contribution is 7.89. The van der Waals surface area contributed by atoms with Gasteiger partial charge < -0.3 is 5.73 Å². The number of rotatable bonds is 5. The van der Waals surface area contributed by atoms with E-state index in [1.165, 1.54) is 23.4 Å². The van der Waals surface area contributed by atoms with Gasteiger partial charge in [0.15, 0.2) is 0 Å². The van der Waals surface area contributed by atoms with Gasteiger partial charge in [0.05, 0.1) is 4.90 Å². The molecule has 0 heterocycles. The zero-order valence-electron chi connectivity index (χ0n) is 10.5. The minimum absolute atomic E-state index is 0.128. The van der Waals surface area contributed by atoms with Gasteiger partial charge in [-0.1, -0.05) is 13.0 Å². The van der Waals surface area contributed by atoms with Gasteiger partial charge in [-0.2, -0.15) is 4.31 Å². The zero-order chi connectivity index (χ0) is 13.9. The quantitative estimate of drug-likeness (QED) is 0.658. The van der Waals surface area contributed by atoms with E-state index in [9.17, 15) is 12.8 Å². The first kappa shape index (κ1) is 14.7. The highest BCUT2D eigenvalue weighted by Crippen LogP contribution is 2.23. The summed E-state index contributed by atoms with van der Waals surface area (Å²) in [5.74, 6) is -0.622. The molecule has 6 heteroatoms. The predicted molar refractivity (Wildman–Crippen MR) is 70.2 cm³/mol. The second-order valence-corrected chi connectivity index (χ2v) is 5.80. The van der Waals surface area contributed by atoms with Gasteiger partial charge >= 0.3 is 0 Å². The molecule has 0 fully saturated rings. The Bertz CT molecular complexity index is 532. The van der Waals surface area contributed by atoms with E-state index >= 15 is 0 Å². The second kappa shape index (κ2) is 5.49. The van der Waals surface area contributed by atoms with Crippen LogP contribution in [0.2, 0.25) is 0 Å². The second-order valence-electron chi connectivity index (χ2n) is 3.86. The molecule has 0 saturated heterocycles. The van der Waals surface area contributed by atoms with Crippen LogP contribution in [0.25, 0.3) is 0 Å². The Morgan fingerprint density at radius 2 is 2.11 bits per heavy atom. The molecular weight excluding hydrogens is 255 g/mol. The molecule has 1 aromatic carbocycles. The van der Waals surface area contributed by atoms with Crippen molar-refractivity contribution >= 4 is 15.7 Å². The third-order valence-corrected chi connectivity index (χ3v) is 4.60. The number of hydrogen-bond donors (Lipinski definition) is 1. The van der Waals surface area contributed by atoms with Crippen LogP contribution >= 0.6 is 0 Å². The van der Waals surface area contributed by atoms with Crippen molar-refractivity contribution in [2.24, 2.45) is 0 Å². The van der Waals surface area contributed by atoms with Crippen molar-refractivity contribution in [2.45, 2.75) is 18.7 Å². The largest absolute Gasteiger partial charge is 0.398 e. The summed E-state index contributed by atoms with van der Waals surface area (Å²) in [6, 6.07) is 2.27. The van der Waals surface area contributed by atoms with E-state index in [4.69, 9.17) is 5.73 Å². The summed E-state index contributed by atoms with van der Waals surface area (Å²) in [5.41, 5.74) is 5.97. The number of halogens is 1. The summed E-state index contributed by atoms with van der Waals surface area (Å²) in [6.45, 7) is 7.16. The summed E-state index contributed by atoms with van der Waals surface area (Å²) in [5, 5.41) is 0. The maximum atomic E-state index is 13.5. The molecule has 2 N–H and O–H groups in total. The van der Waals surface area contributed by atoms with Gasteiger partial charge in [-0.25, -0.2) is 12.8 Å². The van der Waals surface area contributed by atoms with E-state index in [0.717, 1.165) is 6.07 Å². The van der Waals surface area contributed by atoms with Crippen LogP contribution in [0.1, 0.15) is 12.5 Å². The fourth-order valence-electron chi connectivity index (χ4n) is 1.51. The molecule has 0 aromatic heterocycles. The van der Waals surface area contributed by atoms with Crippen LogP contribution in [0.4, 0.5) is 10.1 Å². The summed E-state index contributed by atoms with van der Waals surface area (Å²) in [6.07, 6.45) is 1.48. The van der Waals surface area contributed by atoms with E-state index < -0.39 is 15.8 Å². The Hall–Kier alpha value is -1.40. The summed E-state index contributed by atoms with van der Waals surface area (Å²) in [7, 11) is -3.73. The highest BCUT2D eigenvalue weighted by atomic mass is 32.2. The SMILES string of the molecule is C=CCN(CC)S(=O)(=O)c1cc(N)c(C)c(F)c1. The molecule has 0 aliphatic carbocycles. The number of anilines is 1. The number of benzene rings is 1. The molecule has 0 radical (unpaired) electrons. The van der Waals surface area contributed by atoms with Crippen molar-refractivity contribution in [1.29, 1.82) is 0 Å². The average molecular weight is 272 g/mol. The number of nitrogens with two attached hydrogens (primary N) is 1. The average Bonchev–Trinajstić information content (AvgIpc) is 2.31. The fraction of sp³-hybridized carbons (Fsp3) is 0.333. The summed E-state index contributed by atoms with van der Waals surface area (Å²) in [4.78, 5) is -0.133. The first-order valence-corrected chi connectivity index (χ1v) is 6.95. The number of likely N-dealkylation sites (N-methyl/N-ethyl adjacent to an activating group) is 1. The van der Waals surface area contributed by atoms with Crippen LogP contribution in [0.15, 0.2) is 29.7 Å². The van der Waals surface area contributed by atoms with Gasteiger partial charge in [-0.05, 0) is 19.1 Å². The molecule has 0 amide bonds. The molecule has 1 rings (SSSR count). The van der Waals surface area contributed by atoms with Gasteiger partial charge in [0, 0.05) is 24.3 Å². The normalized spacial score (nSPS) is 11.8. The van der Waals surface area contributed by atoms with E-state index in [1.54, 1.807) is 6.92 Å². The number of nitrogens with zero attached hydrogens (tertiary/aromatic N) is 1. The van der Waals surface area contributed by atoms with Crippen LogP contribution in [0.3, 0.4) is 0 Å². The molecule has 18 heavy (non-hydrogen) atoms.